The fourth-order valence-electron chi connectivity index (χ4n) is 5.26. The fraction of sp³-hybridized carbons (Fsp3) is 0.370. The minimum absolute atomic E-state index is 0.00936. The molecule has 2 aromatic heterocycles. The summed E-state index contributed by atoms with van der Waals surface area (Å²) >= 11 is 0. The van der Waals surface area contributed by atoms with Gasteiger partial charge in [0.25, 0.3) is 0 Å². The Bertz CT molecular complexity index is 1450. The van der Waals surface area contributed by atoms with Gasteiger partial charge < -0.3 is 14.8 Å². The molecule has 4 heterocycles. The summed E-state index contributed by atoms with van der Waals surface area (Å²) in [4.78, 5) is 16.5. The second kappa shape index (κ2) is 10.7. The summed E-state index contributed by atoms with van der Waals surface area (Å²) in [7, 11) is -3.23. The molecule has 0 amide bonds. The maximum atomic E-state index is 13.7. The average molecular weight is 538 g/mol. The van der Waals surface area contributed by atoms with Crippen LogP contribution in [0.5, 0.6) is 0 Å². The van der Waals surface area contributed by atoms with Gasteiger partial charge in [-0.2, -0.15) is 4.31 Å². The highest BCUT2D eigenvalue weighted by Crippen LogP contribution is 2.32. The van der Waals surface area contributed by atoms with Gasteiger partial charge in [0.05, 0.1) is 35.9 Å². The highest BCUT2D eigenvalue weighted by Gasteiger charge is 2.36. The van der Waals surface area contributed by atoms with E-state index < -0.39 is 10.0 Å². The normalized spacial score (nSPS) is 18.5. The number of likely N-dealkylation sites (N-methyl/N-ethyl adjacent to an activating group) is 1. The van der Waals surface area contributed by atoms with Crippen molar-refractivity contribution < 1.29 is 12.8 Å². The molecule has 11 heteroatoms. The van der Waals surface area contributed by atoms with Crippen LogP contribution in [0.15, 0.2) is 54.7 Å². The number of aromatic nitrogens is 3. The molecular weight excluding hydrogens is 505 g/mol. The summed E-state index contributed by atoms with van der Waals surface area (Å²) in [5.74, 6) is 1.49. The van der Waals surface area contributed by atoms with Crippen LogP contribution in [-0.2, 0) is 10.0 Å². The number of sulfonamides is 1. The Balaban J connectivity index is 1.23. The van der Waals surface area contributed by atoms with Crippen molar-refractivity contribution in [2.75, 3.05) is 37.3 Å². The number of likely N-dealkylation sites (tertiary alicyclic amines) is 1. The van der Waals surface area contributed by atoms with Gasteiger partial charge in [-0.05, 0) is 54.8 Å². The van der Waals surface area contributed by atoms with Crippen LogP contribution in [0.25, 0.3) is 17.5 Å². The van der Waals surface area contributed by atoms with E-state index in [9.17, 15) is 12.8 Å². The predicted molar refractivity (Wildman–Crippen MR) is 147 cm³/mol. The fourth-order valence-corrected chi connectivity index (χ4v) is 6.40. The molecule has 0 radical (unpaired) electrons. The van der Waals surface area contributed by atoms with E-state index in [4.69, 9.17) is 10.4 Å². The van der Waals surface area contributed by atoms with Gasteiger partial charge in [0.15, 0.2) is 0 Å². The molecule has 1 aromatic carbocycles. The Labute approximate surface area is 222 Å². The third-order valence-electron chi connectivity index (χ3n) is 7.13. The van der Waals surface area contributed by atoms with Crippen LogP contribution >= 0.6 is 0 Å². The first-order chi connectivity index (χ1) is 18.2. The van der Waals surface area contributed by atoms with Crippen molar-refractivity contribution in [3.8, 4) is 11.4 Å². The van der Waals surface area contributed by atoms with Crippen LogP contribution < -0.4 is 4.90 Å². The van der Waals surface area contributed by atoms with Crippen molar-refractivity contribution in [2.45, 2.75) is 31.8 Å². The molecule has 1 atom stereocenters. The second-order valence-electron chi connectivity index (χ2n) is 9.71. The number of benzene rings is 1. The molecule has 200 valence electrons. The number of pyridine rings is 1. The van der Waals surface area contributed by atoms with Crippen LogP contribution in [0, 0.1) is 11.2 Å². The number of hydrogen-bond acceptors (Lipinski definition) is 6. The van der Waals surface area contributed by atoms with E-state index in [0.717, 1.165) is 42.2 Å². The average Bonchev–Trinajstić information content (AvgIpc) is 3.54. The van der Waals surface area contributed by atoms with Gasteiger partial charge >= 0.3 is 0 Å². The Morgan fingerprint density at radius 1 is 1.26 bits per heavy atom. The summed E-state index contributed by atoms with van der Waals surface area (Å²) < 4.78 is 39.2. The lowest BCUT2D eigenvalue weighted by Crippen LogP contribution is -2.60. The summed E-state index contributed by atoms with van der Waals surface area (Å²) in [6, 6.07) is 12.3. The van der Waals surface area contributed by atoms with E-state index in [-0.39, 0.29) is 17.9 Å². The molecule has 2 N–H and O–H groups in total. The Hall–Kier alpha value is -3.57. The van der Waals surface area contributed by atoms with Crippen LogP contribution in [0.1, 0.15) is 37.2 Å². The first kappa shape index (κ1) is 26.1. The highest BCUT2D eigenvalue weighted by molar-refractivity contribution is 7.88. The predicted octanol–water partition coefficient (Wildman–Crippen LogP) is 3.91. The molecule has 0 unspecified atom stereocenters. The third kappa shape index (κ3) is 5.48. The van der Waals surface area contributed by atoms with Gasteiger partial charge in [-0.1, -0.05) is 25.1 Å². The van der Waals surface area contributed by atoms with Crippen LogP contribution in [-0.4, -0.2) is 76.9 Å². The summed E-state index contributed by atoms with van der Waals surface area (Å²) in [5.41, 5.74) is 2.37. The Kier molecular flexibility index (Phi) is 7.31. The third-order valence-corrected chi connectivity index (χ3v) is 8.54. The minimum atomic E-state index is -3.23. The summed E-state index contributed by atoms with van der Waals surface area (Å²) in [6.07, 6.45) is 8.27. The minimum Gasteiger partial charge on any atom is -0.353 e. The molecule has 38 heavy (non-hydrogen) atoms. The van der Waals surface area contributed by atoms with Crippen molar-refractivity contribution in [1.29, 1.82) is 5.41 Å². The molecule has 2 fully saturated rings. The van der Waals surface area contributed by atoms with Gasteiger partial charge in [0.2, 0.25) is 10.0 Å². The van der Waals surface area contributed by atoms with Gasteiger partial charge in [0.1, 0.15) is 23.3 Å². The molecule has 5 rings (SSSR count). The molecule has 0 bridgehead atoms. The Morgan fingerprint density at radius 3 is 2.79 bits per heavy atom. The smallest absolute Gasteiger partial charge is 0.211 e. The number of imidazole rings is 1. The molecule has 2 saturated heterocycles. The lowest BCUT2D eigenvalue weighted by atomic mass is 10.0. The van der Waals surface area contributed by atoms with Crippen LogP contribution in [0.4, 0.5) is 10.2 Å². The lowest BCUT2D eigenvalue weighted by molar-refractivity contribution is 0.282. The number of aromatic amines is 1. The van der Waals surface area contributed by atoms with Crippen LogP contribution in [0.3, 0.4) is 0 Å². The number of anilines is 1. The quantitative estimate of drug-likeness (QED) is 0.333. The maximum absolute atomic E-state index is 13.7. The van der Waals surface area contributed by atoms with Gasteiger partial charge in [-0.3, -0.25) is 5.41 Å². The zero-order valence-corrected chi connectivity index (χ0v) is 22.3. The van der Waals surface area contributed by atoms with Gasteiger partial charge in [0, 0.05) is 26.2 Å². The zero-order valence-electron chi connectivity index (χ0n) is 21.5. The highest BCUT2D eigenvalue weighted by atomic mass is 32.2. The van der Waals surface area contributed by atoms with E-state index >= 15 is 0 Å². The largest absolute Gasteiger partial charge is 0.353 e. The monoisotopic (exact) mass is 537 g/mol. The van der Waals surface area contributed by atoms with Gasteiger partial charge in [-0.15, -0.1) is 0 Å². The number of hydrogen-bond donors (Lipinski definition) is 2. The molecule has 0 spiro atoms. The number of H-pyrrole nitrogens is 1. The number of nitrogens with one attached hydrogen (secondary N) is 2. The van der Waals surface area contributed by atoms with Crippen molar-refractivity contribution in [3.05, 3.63) is 71.9 Å². The van der Waals surface area contributed by atoms with Crippen LogP contribution in [0.2, 0.25) is 0 Å². The maximum Gasteiger partial charge on any atom is 0.211 e. The zero-order chi connectivity index (χ0) is 26.9. The molecule has 2 aliphatic rings. The second-order valence-corrected chi connectivity index (χ2v) is 11.6. The Morgan fingerprint density at radius 2 is 2.05 bits per heavy atom. The van der Waals surface area contributed by atoms with Crippen molar-refractivity contribution in [2.24, 2.45) is 0 Å². The van der Waals surface area contributed by atoms with E-state index in [1.54, 1.807) is 30.5 Å². The first-order valence-corrected chi connectivity index (χ1v) is 14.6. The topological polar surface area (TPSA) is 109 Å². The lowest BCUT2D eigenvalue weighted by Gasteiger charge is -2.44. The SMILES string of the molecule is CCN(C1CN(c2cccc(-c3cnc(C=CC(=N)N4CCC[C@@H]4c4cccc(F)c4)[nH]3)n2)C1)S(C)(=O)=O. The molecular formula is C27H32FN7O2S. The van der Waals surface area contributed by atoms with Crippen molar-refractivity contribution >= 4 is 27.8 Å². The number of halogens is 1. The number of rotatable bonds is 8. The summed E-state index contributed by atoms with van der Waals surface area (Å²) in [5, 5.41) is 8.59. The van der Waals surface area contributed by atoms with Gasteiger partial charge in [-0.25, -0.2) is 22.8 Å². The molecule has 0 saturated carbocycles. The van der Waals surface area contributed by atoms with E-state index in [1.807, 2.05) is 36.1 Å². The first-order valence-electron chi connectivity index (χ1n) is 12.8. The number of amidine groups is 1. The van der Waals surface area contributed by atoms with E-state index in [1.165, 1.54) is 16.6 Å². The molecule has 2 aliphatic heterocycles. The summed E-state index contributed by atoms with van der Waals surface area (Å²) in [6.45, 7) is 4.26. The molecule has 3 aromatic rings. The molecule has 9 nitrogen and oxygen atoms in total. The van der Waals surface area contributed by atoms with Crippen molar-refractivity contribution in [1.82, 2.24) is 24.2 Å². The van der Waals surface area contributed by atoms with Crippen molar-refractivity contribution in [3.63, 3.8) is 0 Å². The standard InChI is InChI=1S/C27H32FN7O2S/c1-3-35(38(2,36)37)21-17-33(18-21)27-11-5-9-22(32-27)23-16-30-26(31-23)13-12-25(29)34-14-6-10-24(34)19-7-4-8-20(28)15-19/h4-5,7-9,11-13,15-16,21,24,29H,3,6,10,14,17-18H2,1-2H3,(H,30,31)/t24-/m1/s1. The molecule has 0 aliphatic carbocycles. The van der Waals surface area contributed by atoms with E-state index in [2.05, 4.69) is 14.9 Å². The van der Waals surface area contributed by atoms with E-state index in [0.29, 0.717) is 31.3 Å². The number of nitrogens with zero attached hydrogens (tertiary/aromatic N) is 5.